The molecule has 1 aromatic heterocycles. The summed E-state index contributed by atoms with van der Waals surface area (Å²) in [6, 6.07) is 0.545. The Kier molecular flexibility index (Phi) is 5.16. The lowest BCUT2D eigenvalue weighted by Gasteiger charge is -2.36. The maximum Gasteiger partial charge on any atom is 0.186 e. The van der Waals surface area contributed by atoms with Crippen LogP contribution in [0.5, 0.6) is 0 Å². The molecule has 112 valence electrons. The number of aldehydes is 1. The van der Waals surface area contributed by atoms with Crippen LogP contribution in [0.4, 0.5) is 5.13 Å². The van der Waals surface area contributed by atoms with Gasteiger partial charge in [-0.3, -0.25) is 4.79 Å². The quantitative estimate of drug-likeness (QED) is 0.783. The third kappa shape index (κ3) is 3.20. The largest absolute Gasteiger partial charge is 0.348 e. The Morgan fingerprint density at radius 3 is 2.55 bits per heavy atom. The molecule has 0 spiro atoms. The van der Waals surface area contributed by atoms with Crippen molar-refractivity contribution < 1.29 is 4.79 Å². The maximum absolute atomic E-state index is 11.2. The summed E-state index contributed by atoms with van der Waals surface area (Å²) in [4.78, 5) is 21.4. The van der Waals surface area contributed by atoms with E-state index in [2.05, 4.69) is 37.6 Å². The highest BCUT2D eigenvalue weighted by Crippen LogP contribution is 2.31. The molecule has 5 heteroatoms. The van der Waals surface area contributed by atoms with Crippen LogP contribution in [0.15, 0.2) is 0 Å². The molecule has 0 N–H and O–H groups in total. The molecule has 2 heterocycles. The van der Waals surface area contributed by atoms with Gasteiger partial charge in [0.2, 0.25) is 0 Å². The molecule has 0 atom stereocenters. The van der Waals surface area contributed by atoms with Gasteiger partial charge in [0.25, 0.3) is 0 Å². The van der Waals surface area contributed by atoms with Crippen LogP contribution in [-0.2, 0) is 0 Å². The summed E-state index contributed by atoms with van der Waals surface area (Å²) in [6.07, 6.45) is 3.30. The van der Waals surface area contributed by atoms with E-state index in [4.69, 9.17) is 4.98 Å². The lowest BCUT2D eigenvalue weighted by atomic mass is 10.0. The number of hydrogen-bond donors (Lipinski definition) is 0. The number of carbonyl (C=O) groups excluding carboxylic acids is 1. The van der Waals surface area contributed by atoms with Crippen LogP contribution in [0, 0.1) is 0 Å². The summed E-state index contributed by atoms with van der Waals surface area (Å²) in [6.45, 7) is 9.86. The molecule has 0 unspecified atom stereocenters. The third-order valence-corrected chi connectivity index (χ3v) is 5.26. The van der Waals surface area contributed by atoms with Crippen LogP contribution in [0.2, 0.25) is 0 Å². The number of hydrogen-bond acceptors (Lipinski definition) is 5. The van der Waals surface area contributed by atoms with E-state index in [9.17, 15) is 4.79 Å². The number of piperidine rings is 1. The van der Waals surface area contributed by atoms with Gasteiger partial charge >= 0.3 is 0 Å². The molecule has 4 nitrogen and oxygen atoms in total. The Labute approximate surface area is 125 Å². The zero-order valence-electron chi connectivity index (χ0n) is 12.9. The first-order valence-corrected chi connectivity index (χ1v) is 8.29. The number of carbonyl (C=O) groups is 1. The van der Waals surface area contributed by atoms with Gasteiger partial charge < -0.3 is 9.80 Å². The van der Waals surface area contributed by atoms with Crippen molar-refractivity contribution in [2.75, 3.05) is 31.6 Å². The minimum atomic E-state index is 0.301. The summed E-state index contributed by atoms with van der Waals surface area (Å²) in [5.74, 6) is 0.301. The number of aromatic nitrogens is 1. The first kappa shape index (κ1) is 15.4. The first-order chi connectivity index (χ1) is 9.56. The smallest absolute Gasteiger partial charge is 0.186 e. The lowest BCUT2D eigenvalue weighted by Crippen LogP contribution is -2.43. The fraction of sp³-hybridized carbons (Fsp3) is 0.733. The van der Waals surface area contributed by atoms with Crippen LogP contribution in [-0.4, -0.2) is 48.9 Å². The Balaban J connectivity index is 2.09. The van der Waals surface area contributed by atoms with E-state index in [1.807, 2.05) is 0 Å². The molecule has 0 aliphatic carbocycles. The van der Waals surface area contributed by atoms with Gasteiger partial charge in [-0.2, -0.15) is 0 Å². The molecule has 1 aliphatic rings. The molecule has 0 bridgehead atoms. The molecular weight excluding hydrogens is 270 g/mol. The van der Waals surface area contributed by atoms with E-state index >= 15 is 0 Å². The SMILES string of the molecule is CCN1CCC(N(C)c2nc(C(C)C)c(C=O)s2)CC1. The van der Waals surface area contributed by atoms with Crippen molar-refractivity contribution in [3.05, 3.63) is 10.6 Å². The van der Waals surface area contributed by atoms with Gasteiger partial charge in [0, 0.05) is 26.2 Å². The van der Waals surface area contributed by atoms with Crippen molar-refractivity contribution >= 4 is 22.8 Å². The summed E-state index contributed by atoms with van der Waals surface area (Å²) >= 11 is 1.53. The fourth-order valence-electron chi connectivity index (χ4n) is 2.76. The zero-order valence-corrected chi connectivity index (χ0v) is 13.7. The number of anilines is 1. The molecular formula is C15H25N3OS. The third-order valence-electron chi connectivity index (χ3n) is 4.18. The van der Waals surface area contributed by atoms with Gasteiger partial charge in [0.05, 0.1) is 10.6 Å². The van der Waals surface area contributed by atoms with Crippen LogP contribution in [0.25, 0.3) is 0 Å². The van der Waals surface area contributed by atoms with Crippen molar-refractivity contribution in [1.29, 1.82) is 0 Å². The summed E-state index contributed by atoms with van der Waals surface area (Å²) < 4.78 is 0. The van der Waals surface area contributed by atoms with Crippen molar-refractivity contribution in [2.24, 2.45) is 0 Å². The van der Waals surface area contributed by atoms with Gasteiger partial charge in [-0.1, -0.05) is 32.1 Å². The van der Waals surface area contributed by atoms with E-state index in [1.165, 1.54) is 24.2 Å². The first-order valence-electron chi connectivity index (χ1n) is 7.47. The van der Waals surface area contributed by atoms with Crippen LogP contribution in [0.3, 0.4) is 0 Å². The van der Waals surface area contributed by atoms with E-state index in [1.54, 1.807) is 0 Å². The van der Waals surface area contributed by atoms with Gasteiger partial charge in [0.1, 0.15) is 0 Å². The Morgan fingerprint density at radius 1 is 1.45 bits per heavy atom. The van der Waals surface area contributed by atoms with Crippen LogP contribution >= 0.6 is 11.3 Å². The standard InChI is InChI=1S/C15H25N3OS/c1-5-18-8-6-12(7-9-18)17(4)15-16-14(11(2)3)13(10-19)20-15/h10-12H,5-9H2,1-4H3. The van der Waals surface area contributed by atoms with Crippen molar-refractivity contribution in [2.45, 2.75) is 45.6 Å². The van der Waals surface area contributed by atoms with Gasteiger partial charge in [0.15, 0.2) is 11.4 Å². The highest BCUT2D eigenvalue weighted by atomic mass is 32.1. The summed E-state index contributed by atoms with van der Waals surface area (Å²) in [7, 11) is 2.11. The average Bonchev–Trinajstić information content (AvgIpc) is 2.91. The normalized spacial score (nSPS) is 17.6. The van der Waals surface area contributed by atoms with Gasteiger partial charge in [-0.15, -0.1) is 0 Å². The zero-order chi connectivity index (χ0) is 14.7. The molecule has 0 saturated carbocycles. The molecule has 1 saturated heterocycles. The minimum absolute atomic E-state index is 0.301. The molecule has 1 aliphatic heterocycles. The van der Waals surface area contributed by atoms with Crippen LogP contribution in [0.1, 0.15) is 54.9 Å². The molecule has 1 fully saturated rings. The Morgan fingerprint density at radius 2 is 2.10 bits per heavy atom. The number of nitrogens with zero attached hydrogens (tertiary/aromatic N) is 3. The average molecular weight is 295 g/mol. The number of rotatable bonds is 5. The molecule has 20 heavy (non-hydrogen) atoms. The minimum Gasteiger partial charge on any atom is -0.348 e. The maximum atomic E-state index is 11.2. The van der Waals surface area contributed by atoms with Gasteiger partial charge in [-0.05, 0) is 25.3 Å². The molecule has 2 rings (SSSR count). The lowest BCUT2D eigenvalue weighted by molar-refractivity contribution is 0.112. The summed E-state index contributed by atoms with van der Waals surface area (Å²) in [5.41, 5.74) is 0.942. The highest BCUT2D eigenvalue weighted by molar-refractivity contribution is 7.17. The van der Waals surface area contributed by atoms with Crippen molar-refractivity contribution in [3.63, 3.8) is 0 Å². The van der Waals surface area contributed by atoms with E-state index in [-0.39, 0.29) is 0 Å². The van der Waals surface area contributed by atoms with Gasteiger partial charge in [-0.25, -0.2) is 4.98 Å². The second-order valence-corrected chi connectivity index (χ2v) is 6.80. The van der Waals surface area contributed by atoms with Crippen molar-refractivity contribution in [1.82, 2.24) is 9.88 Å². The van der Waals surface area contributed by atoms with E-state index in [0.717, 1.165) is 41.6 Å². The topological polar surface area (TPSA) is 36.4 Å². The number of likely N-dealkylation sites (tertiary alicyclic amines) is 1. The second-order valence-electron chi connectivity index (χ2n) is 5.79. The van der Waals surface area contributed by atoms with E-state index in [0.29, 0.717) is 12.0 Å². The summed E-state index contributed by atoms with van der Waals surface area (Å²) in [5, 5.41) is 0.991. The van der Waals surface area contributed by atoms with E-state index < -0.39 is 0 Å². The highest BCUT2D eigenvalue weighted by Gasteiger charge is 2.25. The molecule has 1 aromatic rings. The predicted octanol–water partition coefficient (Wildman–Crippen LogP) is 3.00. The Bertz CT molecular complexity index is 450. The monoisotopic (exact) mass is 295 g/mol. The predicted molar refractivity (Wildman–Crippen MR) is 85.1 cm³/mol. The molecule has 0 aromatic carbocycles. The van der Waals surface area contributed by atoms with Crippen molar-refractivity contribution in [3.8, 4) is 0 Å². The fourth-order valence-corrected chi connectivity index (χ4v) is 3.83. The Hall–Kier alpha value is -0.940. The van der Waals surface area contributed by atoms with Crippen LogP contribution < -0.4 is 4.90 Å². The molecule has 0 amide bonds. The second kappa shape index (κ2) is 6.68. The number of thiazole rings is 1. The molecule has 0 radical (unpaired) electrons.